The van der Waals surface area contributed by atoms with Crippen LogP contribution in [-0.4, -0.2) is 31.3 Å². The number of hydrogen-bond donors (Lipinski definition) is 1. The van der Waals surface area contributed by atoms with Crippen LogP contribution in [0.4, 0.5) is 10.1 Å². The molecule has 28 heavy (non-hydrogen) atoms. The first-order valence-corrected chi connectivity index (χ1v) is 10.9. The van der Waals surface area contributed by atoms with Crippen LogP contribution in [0.1, 0.15) is 36.9 Å². The molecule has 0 fully saturated rings. The maximum atomic E-state index is 13.5. The summed E-state index contributed by atoms with van der Waals surface area (Å²) >= 11 is 5.91. The van der Waals surface area contributed by atoms with Gasteiger partial charge >= 0.3 is 0 Å². The van der Waals surface area contributed by atoms with E-state index in [2.05, 4.69) is 9.82 Å². The largest absolute Gasteiger partial charge is 0.284 e. The number of nitrogens with zero attached hydrogens (tertiary/aromatic N) is 2. The Labute approximate surface area is 168 Å². The van der Waals surface area contributed by atoms with Crippen LogP contribution in [0.2, 0.25) is 5.02 Å². The summed E-state index contributed by atoms with van der Waals surface area (Å²) in [4.78, 5) is 12.4. The SMILES string of the molecule is CCC(=O)N1N=C(c2cccc(NS(C)(=O)=O)c2)CC1c1ccc(F)c(Cl)c1. The van der Waals surface area contributed by atoms with Gasteiger partial charge in [0, 0.05) is 18.5 Å². The zero-order chi connectivity index (χ0) is 20.5. The van der Waals surface area contributed by atoms with Crippen molar-refractivity contribution in [2.45, 2.75) is 25.8 Å². The van der Waals surface area contributed by atoms with Crippen LogP contribution in [0.25, 0.3) is 0 Å². The topological polar surface area (TPSA) is 78.8 Å². The lowest BCUT2D eigenvalue weighted by Gasteiger charge is -2.21. The van der Waals surface area contributed by atoms with Crippen molar-refractivity contribution in [2.75, 3.05) is 11.0 Å². The first-order chi connectivity index (χ1) is 13.2. The third-order valence-corrected chi connectivity index (χ3v) is 5.19. The molecule has 1 N–H and O–H groups in total. The van der Waals surface area contributed by atoms with Gasteiger partial charge in [0.15, 0.2) is 0 Å². The Bertz CT molecular complexity index is 1060. The molecule has 2 aromatic carbocycles. The molecule has 1 aliphatic rings. The average Bonchev–Trinajstić information content (AvgIpc) is 3.07. The molecule has 0 bridgehead atoms. The van der Waals surface area contributed by atoms with Crippen molar-refractivity contribution in [3.8, 4) is 0 Å². The first-order valence-electron chi connectivity index (χ1n) is 8.60. The third-order valence-electron chi connectivity index (χ3n) is 4.30. The monoisotopic (exact) mass is 423 g/mol. The number of sulfonamides is 1. The van der Waals surface area contributed by atoms with E-state index < -0.39 is 21.9 Å². The van der Waals surface area contributed by atoms with Crippen LogP contribution in [0.15, 0.2) is 47.6 Å². The van der Waals surface area contributed by atoms with E-state index in [9.17, 15) is 17.6 Å². The smallest absolute Gasteiger partial charge is 0.242 e. The van der Waals surface area contributed by atoms with Crippen molar-refractivity contribution >= 4 is 38.9 Å². The van der Waals surface area contributed by atoms with Crippen molar-refractivity contribution in [3.05, 3.63) is 64.4 Å². The van der Waals surface area contributed by atoms with Crippen molar-refractivity contribution in [1.82, 2.24) is 5.01 Å². The van der Waals surface area contributed by atoms with E-state index in [1.54, 1.807) is 37.3 Å². The number of hydrazone groups is 1. The number of carbonyl (C=O) groups is 1. The molecule has 1 aliphatic heterocycles. The molecule has 148 valence electrons. The fourth-order valence-electron chi connectivity index (χ4n) is 3.03. The normalized spacial score (nSPS) is 16.8. The van der Waals surface area contributed by atoms with Gasteiger partial charge in [-0.3, -0.25) is 9.52 Å². The third kappa shape index (κ3) is 4.51. The Hall–Kier alpha value is -2.45. The molecule has 1 unspecified atom stereocenters. The van der Waals surface area contributed by atoms with E-state index in [0.29, 0.717) is 28.9 Å². The molecular formula is C19H19ClFN3O3S. The van der Waals surface area contributed by atoms with Gasteiger partial charge in [0.1, 0.15) is 5.82 Å². The van der Waals surface area contributed by atoms with E-state index >= 15 is 0 Å². The van der Waals surface area contributed by atoms with Crippen LogP contribution in [0.3, 0.4) is 0 Å². The van der Waals surface area contributed by atoms with Crippen LogP contribution in [-0.2, 0) is 14.8 Å². The predicted octanol–water partition coefficient (Wildman–Crippen LogP) is 3.94. The van der Waals surface area contributed by atoms with Crippen LogP contribution in [0, 0.1) is 5.82 Å². The fraction of sp³-hybridized carbons (Fsp3) is 0.263. The Kier molecular flexibility index (Phi) is 5.71. The van der Waals surface area contributed by atoms with Crippen LogP contribution >= 0.6 is 11.6 Å². The van der Waals surface area contributed by atoms with Crippen molar-refractivity contribution < 1.29 is 17.6 Å². The molecule has 9 heteroatoms. The summed E-state index contributed by atoms with van der Waals surface area (Å²) < 4.78 is 38.9. The molecule has 0 radical (unpaired) electrons. The zero-order valence-electron chi connectivity index (χ0n) is 15.3. The van der Waals surface area contributed by atoms with Crippen LogP contribution in [0.5, 0.6) is 0 Å². The highest BCUT2D eigenvalue weighted by Gasteiger charge is 2.32. The number of hydrogen-bond acceptors (Lipinski definition) is 4. The van der Waals surface area contributed by atoms with E-state index in [1.807, 2.05) is 0 Å². The molecule has 0 saturated carbocycles. The van der Waals surface area contributed by atoms with E-state index in [1.165, 1.54) is 17.1 Å². The Morgan fingerprint density at radius 1 is 1.32 bits per heavy atom. The van der Waals surface area contributed by atoms with Crippen molar-refractivity contribution in [3.63, 3.8) is 0 Å². The number of nitrogens with one attached hydrogen (secondary N) is 1. The second-order valence-electron chi connectivity index (χ2n) is 6.49. The summed E-state index contributed by atoms with van der Waals surface area (Å²) in [7, 11) is -3.41. The highest BCUT2D eigenvalue weighted by atomic mass is 35.5. The summed E-state index contributed by atoms with van der Waals surface area (Å²) in [5, 5.41) is 5.83. The Morgan fingerprint density at radius 2 is 2.07 bits per heavy atom. The van der Waals surface area contributed by atoms with Gasteiger partial charge in [-0.15, -0.1) is 0 Å². The van der Waals surface area contributed by atoms with Gasteiger partial charge in [-0.2, -0.15) is 5.10 Å². The first kappa shape index (κ1) is 20.3. The van der Waals surface area contributed by atoms with E-state index in [4.69, 9.17) is 11.6 Å². The lowest BCUT2D eigenvalue weighted by Crippen LogP contribution is -2.26. The highest BCUT2D eigenvalue weighted by molar-refractivity contribution is 7.92. The Balaban J connectivity index is 1.96. The molecule has 0 spiro atoms. The van der Waals surface area contributed by atoms with Gasteiger partial charge in [-0.1, -0.05) is 36.7 Å². The highest BCUT2D eigenvalue weighted by Crippen LogP contribution is 2.35. The molecule has 0 saturated heterocycles. The average molecular weight is 424 g/mol. The van der Waals surface area contributed by atoms with Gasteiger partial charge in [0.25, 0.3) is 0 Å². The number of amides is 1. The summed E-state index contributed by atoms with van der Waals surface area (Å²) in [5.41, 5.74) is 2.41. The molecule has 0 aliphatic carbocycles. The van der Waals surface area contributed by atoms with E-state index in [0.717, 1.165) is 6.26 Å². The second kappa shape index (κ2) is 7.89. The molecule has 6 nitrogen and oxygen atoms in total. The number of carbonyl (C=O) groups excluding carboxylic acids is 1. The van der Waals surface area contributed by atoms with Crippen LogP contribution < -0.4 is 4.72 Å². The van der Waals surface area contributed by atoms with Gasteiger partial charge in [-0.05, 0) is 35.4 Å². The minimum Gasteiger partial charge on any atom is -0.284 e. The number of benzene rings is 2. The fourth-order valence-corrected chi connectivity index (χ4v) is 3.78. The second-order valence-corrected chi connectivity index (χ2v) is 8.64. The van der Waals surface area contributed by atoms with Gasteiger partial charge in [0.2, 0.25) is 15.9 Å². The minimum atomic E-state index is -3.41. The minimum absolute atomic E-state index is 0.0193. The van der Waals surface area contributed by atoms with Crippen molar-refractivity contribution in [2.24, 2.45) is 5.10 Å². The summed E-state index contributed by atoms with van der Waals surface area (Å²) in [6.45, 7) is 1.74. The summed E-state index contributed by atoms with van der Waals surface area (Å²) in [6, 6.07) is 10.7. The molecule has 1 atom stereocenters. The Morgan fingerprint density at radius 3 is 2.71 bits per heavy atom. The maximum Gasteiger partial charge on any atom is 0.242 e. The lowest BCUT2D eigenvalue weighted by atomic mass is 9.98. The molecular weight excluding hydrogens is 405 g/mol. The lowest BCUT2D eigenvalue weighted by molar-refractivity contribution is -0.132. The maximum absolute atomic E-state index is 13.5. The van der Waals surface area contributed by atoms with Gasteiger partial charge in [-0.25, -0.2) is 17.8 Å². The molecule has 2 aromatic rings. The van der Waals surface area contributed by atoms with Gasteiger partial charge in [0.05, 0.1) is 23.0 Å². The quantitative estimate of drug-likeness (QED) is 0.791. The zero-order valence-corrected chi connectivity index (χ0v) is 16.9. The van der Waals surface area contributed by atoms with Crippen molar-refractivity contribution in [1.29, 1.82) is 0 Å². The summed E-state index contributed by atoms with van der Waals surface area (Å²) in [6.07, 6.45) is 1.73. The molecule has 1 amide bonds. The summed E-state index contributed by atoms with van der Waals surface area (Å²) in [5.74, 6) is -0.705. The standard InChI is InChI=1S/C19H19ClFN3O3S/c1-3-19(25)24-18(13-7-8-16(21)15(20)10-13)11-17(22-24)12-5-4-6-14(9-12)23-28(2,26)27/h4-10,18,23H,3,11H2,1-2H3. The predicted molar refractivity (Wildman–Crippen MR) is 107 cm³/mol. The van der Waals surface area contributed by atoms with Gasteiger partial charge < -0.3 is 0 Å². The van der Waals surface area contributed by atoms with E-state index in [-0.39, 0.29) is 17.4 Å². The number of halogens is 2. The molecule has 1 heterocycles. The number of rotatable bonds is 5. The molecule has 3 rings (SSSR count). The number of anilines is 1. The molecule has 0 aromatic heterocycles.